The molecule has 0 bridgehead atoms. The van der Waals surface area contributed by atoms with Gasteiger partial charge in [-0.05, 0) is 63.4 Å². The van der Waals surface area contributed by atoms with E-state index >= 15 is 0 Å². The highest BCUT2D eigenvalue weighted by Gasteiger charge is 2.14. The normalized spacial score (nSPS) is 11.6. The van der Waals surface area contributed by atoms with Gasteiger partial charge in [0.1, 0.15) is 0 Å². The van der Waals surface area contributed by atoms with Crippen LogP contribution in [0.5, 0.6) is 11.5 Å². The molecule has 0 spiro atoms. The van der Waals surface area contributed by atoms with Crippen molar-refractivity contribution in [2.45, 2.75) is 26.2 Å². The monoisotopic (exact) mass is 452 g/mol. The maximum absolute atomic E-state index is 12.1. The zero-order chi connectivity index (χ0) is 18.6. The van der Waals surface area contributed by atoms with E-state index in [0.29, 0.717) is 20.4 Å². The van der Waals surface area contributed by atoms with Gasteiger partial charge in [-0.2, -0.15) is 5.10 Å². The number of carbonyl (C=O) groups is 1. The molecule has 2 N–H and O–H groups in total. The molecule has 25 heavy (non-hydrogen) atoms. The minimum Gasteiger partial charge on any atom is -0.504 e. The molecular weight excluding hydrogens is 431 g/mol. The van der Waals surface area contributed by atoms with Crippen molar-refractivity contribution in [1.29, 1.82) is 0 Å². The number of ether oxygens (including phenoxy) is 1. The Balaban J connectivity index is 2.07. The minimum atomic E-state index is -0.280. The van der Waals surface area contributed by atoms with E-state index < -0.39 is 0 Å². The number of methoxy groups -OCH3 is 1. The van der Waals surface area contributed by atoms with Crippen molar-refractivity contribution in [2.75, 3.05) is 7.11 Å². The molecule has 132 valence electrons. The van der Waals surface area contributed by atoms with E-state index in [1.807, 2.05) is 34.7 Å². The van der Waals surface area contributed by atoms with Gasteiger partial charge >= 0.3 is 0 Å². The summed E-state index contributed by atoms with van der Waals surface area (Å²) in [6.07, 6.45) is 1.51. The number of hydrazone groups is 1. The number of rotatable bonds is 4. The van der Waals surface area contributed by atoms with Crippen LogP contribution in [-0.4, -0.2) is 24.3 Å². The molecule has 6 heteroatoms. The zero-order valence-electron chi connectivity index (χ0n) is 14.6. The van der Waals surface area contributed by atoms with E-state index in [0.717, 1.165) is 0 Å². The van der Waals surface area contributed by atoms with Crippen LogP contribution in [0.3, 0.4) is 0 Å². The van der Waals surface area contributed by atoms with Gasteiger partial charge in [-0.25, -0.2) is 5.43 Å². The van der Waals surface area contributed by atoms with Crippen molar-refractivity contribution in [3.63, 3.8) is 0 Å². The number of phenolic OH excluding ortho intramolecular Hbond substituents is 1. The van der Waals surface area contributed by atoms with Crippen LogP contribution in [-0.2, 0) is 5.41 Å². The summed E-state index contributed by atoms with van der Waals surface area (Å²) in [5, 5.41) is 13.8. The van der Waals surface area contributed by atoms with E-state index in [1.54, 1.807) is 24.3 Å². The Kier molecular flexibility index (Phi) is 6.05. The third-order valence-electron chi connectivity index (χ3n) is 3.66. The molecule has 0 aliphatic heterocycles. The molecule has 2 rings (SSSR count). The van der Waals surface area contributed by atoms with Crippen molar-refractivity contribution in [1.82, 2.24) is 5.43 Å². The first kappa shape index (κ1) is 19.2. The number of benzene rings is 2. The summed E-state index contributed by atoms with van der Waals surface area (Å²) in [4.78, 5) is 12.1. The largest absolute Gasteiger partial charge is 0.504 e. The van der Waals surface area contributed by atoms with Crippen molar-refractivity contribution in [3.8, 4) is 11.5 Å². The number of aromatic hydroxyl groups is 1. The minimum absolute atomic E-state index is 0.0439. The number of carbonyl (C=O) groups excluding carboxylic acids is 1. The van der Waals surface area contributed by atoms with Crippen LogP contribution in [0.15, 0.2) is 41.5 Å². The van der Waals surface area contributed by atoms with Crippen molar-refractivity contribution in [3.05, 3.63) is 56.7 Å². The molecule has 0 atom stereocenters. The molecule has 2 aromatic carbocycles. The summed E-state index contributed by atoms with van der Waals surface area (Å²) in [7, 11) is 1.48. The number of hydrogen-bond acceptors (Lipinski definition) is 4. The standard InChI is InChI=1S/C19H21IN2O3/c1-19(2,3)14-7-5-13(6-8-14)18(24)22-21-11-12-9-15(20)17(23)16(10-12)25-4/h5-11,23H,1-4H3,(H,22,24)/b21-11-. The van der Waals surface area contributed by atoms with Crippen LogP contribution in [0.2, 0.25) is 0 Å². The van der Waals surface area contributed by atoms with Gasteiger partial charge in [0.2, 0.25) is 0 Å². The molecule has 0 aliphatic carbocycles. The Hall–Kier alpha value is -2.09. The molecular formula is C19H21IN2O3. The van der Waals surface area contributed by atoms with Gasteiger partial charge in [0.05, 0.1) is 16.9 Å². The van der Waals surface area contributed by atoms with E-state index in [2.05, 4.69) is 31.3 Å². The molecule has 0 heterocycles. The molecule has 0 saturated carbocycles. The smallest absolute Gasteiger partial charge is 0.271 e. The average Bonchev–Trinajstić information content (AvgIpc) is 2.57. The highest BCUT2D eigenvalue weighted by atomic mass is 127. The summed E-state index contributed by atoms with van der Waals surface area (Å²) < 4.78 is 5.74. The maximum atomic E-state index is 12.1. The van der Waals surface area contributed by atoms with Crippen LogP contribution in [0, 0.1) is 3.57 Å². The second-order valence-electron chi connectivity index (χ2n) is 6.58. The van der Waals surface area contributed by atoms with E-state index in [1.165, 1.54) is 18.9 Å². The van der Waals surface area contributed by atoms with Crippen molar-refractivity contribution >= 4 is 34.7 Å². The fourth-order valence-corrected chi connectivity index (χ4v) is 2.80. The summed E-state index contributed by atoms with van der Waals surface area (Å²) in [6, 6.07) is 10.9. The maximum Gasteiger partial charge on any atom is 0.271 e. The highest BCUT2D eigenvalue weighted by molar-refractivity contribution is 14.1. The van der Waals surface area contributed by atoms with Crippen LogP contribution in [0.4, 0.5) is 0 Å². The van der Waals surface area contributed by atoms with Gasteiger partial charge in [-0.15, -0.1) is 0 Å². The predicted molar refractivity (Wildman–Crippen MR) is 108 cm³/mol. The van der Waals surface area contributed by atoms with Crippen LogP contribution in [0.1, 0.15) is 42.3 Å². The van der Waals surface area contributed by atoms with Gasteiger partial charge in [0, 0.05) is 5.56 Å². The fourth-order valence-electron chi connectivity index (χ4n) is 2.18. The number of nitrogens with one attached hydrogen (secondary N) is 1. The van der Waals surface area contributed by atoms with Gasteiger partial charge in [0.25, 0.3) is 5.91 Å². The summed E-state index contributed by atoms with van der Waals surface area (Å²) in [5.74, 6) is 0.165. The second kappa shape index (κ2) is 7.86. The number of phenols is 1. The Bertz CT molecular complexity index is 794. The molecule has 0 aromatic heterocycles. The molecule has 0 unspecified atom stereocenters. The van der Waals surface area contributed by atoms with Gasteiger partial charge in [-0.3, -0.25) is 4.79 Å². The van der Waals surface area contributed by atoms with Gasteiger partial charge in [0.15, 0.2) is 11.5 Å². The molecule has 0 radical (unpaired) electrons. The van der Waals surface area contributed by atoms with E-state index in [4.69, 9.17) is 4.74 Å². The SMILES string of the molecule is COc1cc(/C=N\NC(=O)c2ccc(C(C)(C)C)cc2)cc(I)c1O. The molecule has 0 saturated heterocycles. The number of halogens is 1. The average molecular weight is 452 g/mol. The fraction of sp³-hybridized carbons (Fsp3) is 0.263. The first-order chi connectivity index (χ1) is 11.7. The third kappa shape index (κ3) is 4.94. The van der Waals surface area contributed by atoms with E-state index in [-0.39, 0.29) is 17.1 Å². The van der Waals surface area contributed by atoms with Crippen molar-refractivity contribution < 1.29 is 14.6 Å². The Morgan fingerprint density at radius 3 is 2.44 bits per heavy atom. The summed E-state index contributed by atoms with van der Waals surface area (Å²) in [6.45, 7) is 6.37. The van der Waals surface area contributed by atoms with Crippen LogP contribution < -0.4 is 10.2 Å². The van der Waals surface area contributed by atoms with Gasteiger partial charge < -0.3 is 9.84 Å². The lowest BCUT2D eigenvalue weighted by molar-refractivity contribution is 0.0955. The lowest BCUT2D eigenvalue weighted by Crippen LogP contribution is -2.18. The number of hydrogen-bond donors (Lipinski definition) is 2. The van der Waals surface area contributed by atoms with Crippen LogP contribution in [0.25, 0.3) is 0 Å². The molecule has 0 fully saturated rings. The Morgan fingerprint density at radius 2 is 1.88 bits per heavy atom. The van der Waals surface area contributed by atoms with Crippen LogP contribution >= 0.6 is 22.6 Å². The quantitative estimate of drug-likeness (QED) is 0.418. The molecule has 2 aromatic rings. The topological polar surface area (TPSA) is 70.9 Å². The lowest BCUT2D eigenvalue weighted by atomic mass is 9.87. The van der Waals surface area contributed by atoms with E-state index in [9.17, 15) is 9.90 Å². The predicted octanol–water partition coefficient (Wildman–Crippen LogP) is 4.07. The number of amides is 1. The molecule has 5 nitrogen and oxygen atoms in total. The third-order valence-corrected chi connectivity index (χ3v) is 4.49. The second-order valence-corrected chi connectivity index (χ2v) is 7.74. The highest BCUT2D eigenvalue weighted by Crippen LogP contribution is 2.31. The first-order valence-corrected chi connectivity index (χ1v) is 8.80. The summed E-state index contributed by atoms with van der Waals surface area (Å²) >= 11 is 2.00. The number of nitrogens with zero attached hydrogens (tertiary/aromatic N) is 1. The molecule has 1 amide bonds. The molecule has 0 aliphatic rings. The Labute approximate surface area is 161 Å². The summed E-state index contributed by atoms with van der Waals surface area (Å²) in [5.41, 5.74) is 4.97. The Morgan fingerprint density at radius 1 is 1.24 bits per heavy atom. The lowest BCUT2D eigenvalue weighted by Gasteiger charge is -2.18. The van der Waals surface area contributed by atoms with Gasteiger partial charge in [-0.1, -0.05) is 32.9 Å². The first-order valence-electron chi connectivity index (χ1n) is 7.73. The van der Waals surface area contributed by atoms with Crippen molar-refractivity contribution in [2.24, 2.45) is 5.10 Å². The zero-order valence-corrected chi connectivity index (χ0v) is 16.8.